The quantitative estimate of drug-likeness (QED) is 0.0558. The van der Waals surface area contributed by atoms with E-state index >= 15 is 0 Å². The van der Waals surface area contributed by atoms with Gasteiger partial charge in [-0.2, -0.15) is 9.97 Å². The fraction of sp³-hybridized carbons (Fsp3) is 0.524. The first kappa shape index (κ1) is 42.1. The maximum Gasteiger partial charge on any atom is 0.251 e. The van der Waals surface area contributed by atoms with Crippen molar-refractivity contribution in [3.05, 3.63) is 82.2 Å². The molecule has 0 radical (unpaired) electrons. The summed E-state index contributed by atoms with van der Waals surface area (Å²) in [6, 6.07) is 6.81. The Hall–Kier alpha value is -5.08. The minimum atomic E-state index is -0.220. The number of nitrogens with zero attached hydrogens (tertiary/aromatic N) is 6. The molecule has 0 saturated heterocycles. The standard InChI is InChI=1S/C42H62N12O2/c1-5-53(6-2)28-26-43-37-33-18-9-11-20-35(33)49-41(51-37)47-24-14-22-45-39(55)31-16-13-17-32(30-31)40(56)46-23-15-25-48-42-50-36-21-12-10-19-34(36)38(52-42)44-27-29-54(7-3)8-4/h9-13,16-17,30H,5-8,14-15,18-29H2,1-4H3,(H,45,55)(H,46,56)(H2,43,47,49,51)(H2,44,48,50,52). The average molecular weight is 767 g/mol. The van der Waals surface area contributed by atoms with Crippen molar-refractivity contribution in [2.24, 2.45) is 0 Å². The van der Waals surface area contributed by atoms with Crippen LogP contribution in [0.3, 0.4) is 0 Å². The van der Waals surface area contributed by atoms with Crippen LogP contribution in [0.15, 0.2) is 48.6 Å². The molecule has 2 aromatic heterocycles. The number of benzene rings is 1. The van der Waals surface area contributed by atoms with E-state index in [-0.39, 0.29) is 11.8 Å². The van der Waals surface area contributed by atoms with Gasteiger partial charge in [0, 0.05) is 87.5 Å². The van der Waals surface area contributed by atoms with Gasteiger partial charge in [0.25, 0.3) is 11.8 Å². The van der Waals surface area contributed by atoms with Crippen LogP contribution in [-0.2, 0) is 25.7 Å². The third kappa shape index (κ3) is 12.5. The lowest BCUT2D eigenvalue weighted by Gasteiger charge is -2.21. The molecule has 2 heterocycles. The summed E-state index contributed by atoms with van der Waals surface area (Å²) in [7, 11) is 0. The predicted octanol–water partition coefficient (Wildman–Crippen LogP) is 4.55. The van der Waals surface area contributed by atoms with E-state index < -0.39 is 0 Å². The number of hydrogen-bond acceptors (Lipinski definition) is 12. The molecule has 2 amide bonds. The van der Waals surface area contributed by atoms with Crippen molar-refractivity contribution in [3.63, 3.8) is 0 Å². The highest BCUT2D eigenvalue weighted by molar-refractivity contribution is 5.99. The van der Waals surface area contributed by atoms with Gasteiger partial charge in [-0.05, 0) is 70.1 Å². The number of nitrogens with one attached hydrogen (secondary N) is 6. The van der Waals surface area contributed by atoms with Crippen molar-refractivity contribution in [2.45, 2.75) is 66.2 Å². The molecule has 302 valence electrons. The Bertz CT molecular complexity index is 1660. The van der Waals surface area contributed by atoms with E-state index in [0.29, 0.717) is 62.0 Å². The number of carbonyl (C=O) groups is 2. The van der Waals surface area contributed by atoms with Crippen molar-refractivity contribution >= 4 is 35.3 Å². The number of carbonyl (C=O) groups excluding carboxylic acids is 2. The maximum atomic E-state index is 13.0. The lowest BCUT2D eigenvalue weighted by molar-refractivity contribution is 0.0953. The van der Waals surface area contributed by atoms with Gasteiger partial charge in [-0.1, -0.05) is 58.1 Å². The average Bonchev–Trinajstić information content (AvgIpc) is 3.23. The van der Waals surface area contributed by atoms with E-state index in [1.807, 2.05) is 0 Å². The summed E-state index contributed by atoms with van der Waals surface area (Å²) in [5.74, 6) is 2.54. The third-order valence-corrected chi connectivity index (χ3v) is 10.2. The molecule has 0 atom stereocenters. The molecule has 0 unspecified atom stereocenters. The summed E-state index contributed by atoms with van der Waals surface area (Å²) < 4.78 is 0. The second kappa shape index (κ2) is 22.5. The summed E-state index contributed by atoms with van der Waals surface area (Å²) in [4.78, 5) is 49.9. The number of rotatable bonds is 24. The van der Waals surface area contributed by atoms with E-state index in [2.05, 4.69) is 93.7 Å². The van der Waals surface area contributed by atoms with Crippen LogP contribution in [0.1, 0.15) is 83.8 Å². The topological polar surface area (TPSA) is 164 Å². The van der Waals surface area contributed by atoms with E-state index in [9.17, 15) is 9.59 Å². The second-order valence-electron chi connectivity index (χ2n) is 14.0. The van der Waals surface area contributed by atoms with Crippen LogP contribution in [0.4, 0.5) is 23.5 Å². The molecule has 14 nitrogen and oxygen atoms in total. The van der Waals surface area contributed by atoms with Crippen LogP contribution in [0.25, 0.3) is 0 Å². The molecular weight excluding hydrogens is 705 g/mol. The van der Waals surface area contributed by atoms with Crippen LogP contribution in [0.5, 0.6) is 0 Å². The molecule has 6 N–H and O–H groups in total. The molecule has 0 bridgehead atoms. The second-order valence-corrected chi connectivity index (χ2v) is 14.0. The number of anilines is 4. The van der Waals surface area contributed by atoms with Gasteiger partial charge >= 0.3 is 0 Å². The van der Waals surface area contributed by atoms with Gasteiger partial charge in [0.05, 0.1) is 11.4 Å². The van der Waals surface area contributed by atoms with Crippen molar-refractivity contribution in [3.8, 4) is 0 Å². The zero-order valence-corrected chi connectivity index (χ0v) is 33.8. The fourth-order valence-electron chi connectivity index (χ4n) is 6.80. The SMILES string of the molecule is CCN(CC)CCNc1nc(NCCCNC(=O)c2cccc(C(=O)NCCCNc3nc4c(c(NCCN(CC)CC)n3)CC=CC4)c2)nc2c1CC=CC2. The Morgan fingerprint density at radius 2 is 0.982 bits per heavy atom. The van der Waals surface area contributed by atoms with Gasteiger partial charge in [-0.15, -0.1) is 0 Å². The van der Waals surface area contributed by atoms with E-state index in [1.165, 1.54) is 0 Å². The van der Waals surface area contributed by atoms with Gasteiger partial charge in [-0.25, -0.2) is 9.97 Å². The van der Waals surface area contributed by atoms with Gasteiger partial charge in [-0.3, -0.25) is 9.59 Å². The molecular formula is C42H62N12O2. The Morgan fingerprint density at radius 3 is 1.41 bits per heavy atom. The Morgan fingerprint density at radius 1 is 0.554 bits per heavy atom. The number of aromatic nitrogens is 4. The Labute approximate surface area is 332 Å². The minimum Gasteiger partial charge on any atom is -0.368 e. The summed E-state index contributed by atoms with van der Waals surface area (Å²) >= 11 is 0. The number of amides is 2. The van der Waals surface area contributed by atoms with Gasteiger partial charge < -0.3 is 41.7 Å². The van der Waals surface area contributed by atoms with Crippen LogP contribution in [0, 0.1) is 0 Å². The highest BCUT2D eigenvalue weighted by Crippen LogP contribution is 2.25. The molecule has 0 saturated carbocycles. The summed E-state index contributed by atoms with van der Waals surface area (Å²) in [5.41, 5.74) is 5.31. The van der Waals surface area contributed by atoms with Gasteiger partial charge in [0.2, 0.25) is 11.9 Å². The van der Waals surface area contributed by atoms with Crippen molar-refractivity contribution in [1.29, 1.82) is 0 Å². The molecule has 0 spiro atoms. The van der Waals surface area contributed by atoms with E-state index in [0.717, 1.165) is 112 Å². The molecule has 56 heavy (non-hydrogen) atoms. The highest BCUT2D eigenvalue weighted by atomic mass is 16.2. The highest BCUT2D eigenvalue weighted by Gasteiger charge is 2.17. The molecule has 2 aliphatic carbocycles. The fourth-order valence-corrected chi connectivity index (χ4v) is 6.80. The van der Waals surface area contributed by atoms with Gasteiger partial charge in [0.1, 0.15) is 11.6 Å². The van der Waals surface area contributed by atoms with Crippen molar-refractivity contribution < 1.29 is 9.59 Å². The van der Waals surface area contributed by atoms with Crippen LogP contribution in [0.2, 0.25) is 0 Å². The first-order valence-electron chi connectivity index (χ1n) is 20.6. The molecule has 5 rings (SSSR count). The molecule has 0 fully saturated rings. The lowest BCUT2D eigenvalue weighted by Crippen LogP contribution is -2.29. The van der Waals surface area contributed by atoms with Crippen LogP contribution < -0.4 is 31.9 Å². The molecule has 3 aromatic rings. The number of hydrogen-bond donors (Lipinski definition) is 6. The first-order chi connectivity index (χ1) is 27.4. The molecule has 0 aliphatic heterocycles. The lowest BCUT2D eigenvalue weighted by atomic mass is 10.0. The Kier molecular flexibility index (Phi) is 16.9. The smallest absolute Gasteiger partial charge is 0.251 e. The summed E-state index contributed by atoms with van der Waals surface area (Å²) in [6.07, 6.45) is 13.3. The predicted molar refractivity (Wildman–Crippen MR) is 227 cm³/mol. The van der Waals surface area contributed by atoms with Crippen LogP contribution in [-0.4, -0.2) is 120 Å². The third-order valence-electron chi connectivity index (χ3n) is 10.2. The first-order valence-corrected chi connectivity index (χ1v) is 20.6. The van der Waals surface area contributed by atoms with E-state index in [4.69, 9.17) is 19.9 Å². The summed E-state index contributed by atoms with van der Waals surface area (Å²) in [6.45, 7) is 18.5. The zero-order chi connectivity index (χ0) is 39.5. The number of allylic oxidation sites excluding steroid dienone is 4. The zero-order valence-electron chi connectivity index (χ0n) is 33.8. The maximum absolute atomic E-state index is 13.0. The molecule has 2 aliphatic rings. The van der Waals surface area contributed by atoms with Crippen molar-refractivity contribution in [1.82, 2.24) is 40.4 Å². The van der Waals surface area contributed by atoms with Gasteiger partial charge in [0.15, 0.2) is 0 Å². The Balaban J connectivity index is 1.02. The molecule has 1 aromatic carbocycles. The number of fused-ring (bicyclic) bond motifs is 2. The van der Waals surface area contributed by atoms with Crippen LogP contribution >= 0.6 is 0 Å². The summed E-state index contributed by atoms with van der Waals surface area (Å²) in [5, 5.41) is 19.7. The molecule has 14 heteroatoms. The van der Waals surface area contributed by atoms with Crippen molar-refractivity contribution in [2.75, 3.05) is 99.8 Å². The minimum absolute atomic E-state index is 0.220. The van der Waals surface area contributed by atoms with E-state index in [1.54, 1.807) is 24.3 Å². The largest absolute Gasteiger partial charge is 0.368 e. The number of likely N-dealkylation sites (N-methyl/N-ethyl adjacent to an activating group) is 2. The normalized spacial score (nSPS) is 13.0. The monoisotopic (exact) mass is 767 g/mol.